The molecule has 18 heavy (non-hydrogen) atoms. The van der Waals surface area contributed by atoms with Gasteiger partial charge in [-0.25, -0.2) is 0 Å². The second kappa shape index (κ2) is 6.20. The number of aryl methyl sites for hydroxylation is 2. The van der Waals surface area contributed by atoms with Crippen molar-refractivity contribution in [1.29, 1.82) is 0 Å². The fraction of sp³-hybridized carbons (Fsp3) is 0.667. The van der Waals surface area contributed by atoms with Crippen LogP contribution in [0.4, 0.5) is 0 Å². The molecule has 0 atom stereocenters. The van der Waals surface area contributed by atoms with Crippen molar-refractivity contribution in [3.8, 4) is 0 Å². The lowest BCUT2D eigenvalue weighted by Crippen LogP contribution is -2.40. The molecule has 0 bridgehead atoms. The lowest BCUT2D eigenvalue weighted by atomic mass is 9.91. The van der Waals surface area contributed by atoms with Gasteiger partial charge in [0.1, 0.15) is 11.3 Å². The molecule has 5 nitrogen and oxygen atoms in total. The van der Waals surface area contributed by atoms with E-state index in [1.165, 1.54) is 0 Å². The number of rotatable bonds is 2. The molecule has 102 valence electrons. The van der Waals surface area contributed by atoms with Crippen LogP contribution in [0.2, 0.25) is 0 Å². The van der Waals surface area contributed by atoms with Crippen molar-refractivity contribution in [3.63, 3.8) is 0 Å². The molecule has 1 saturated carbocycles. The number of amides is 1. The second-order valence-electron chi connectivity index (χ2n) is 4.78. The Balaban J connectivity index is 0.00000162. The van der Waals surface area contributed by atoms with E-state index in [2.05, 4.69) is 10.5 Å². The van der Waals surface area contributed by atoms with E-state index in [0.717, 1.165) is 25.7 Å². The SMILES string of the molecule is Cc1noc(C)c1C(=O)NC1CCC(N)CC1.Cl. The molecular formula is C12H20ClN3O2. The van der Waals surface area contributed by atoms with E-state index in [0.29, 0.717) is 23.1 Å². The Kier molecular flexibility index (Phi) is 5.16. The minimum atomic E-state index is -0.0817. The Morgan fingerprint density at radius 3 is 2.44 bits per heavy atom. The highest BCUT2D eigenvalue weighted by atomic mass is 35.5. The summed E-state index contributed by atoms with van der Waals surface area (Å²) in [6.45, 7) is 3.54. The maximum Gasteiger partial charge on any atom is 0.257 e. The maximum atomic E-state index is 12.1. The van der Waals surface area contributed by atoms with E-state index in [1.807, 2.05) is 0 Å². The van der Waals surface area contributed by atoms with Crippen LogP contribution >= 0.6 is 12.4 Å². The molecule has 3 N–H and O–H groups in total. The average molecular weight is 274 g/mol. The minimum Gasteiger partial charge on any atom is -0.361 e. The van der Waals surface area contributed by atoms with Gasteiger partial charge < -0.3 is 15.6 Å². The zero-order chi connectivity index (χ0) is 12.4. The Labute approximate surface area is 113 Å². The molecule has 0 spiro atoms. The summed E-state index contributed by atoms with van der Waals surface area (Å²) in [5.74, 6) is 0.495. The number of nitrogens with one attached hydrogen (secondary N) is 1. The average Bonchev–Trinajstić information content (AvgIpc) is 2.62. The monoisotopic (exact) mass is 273 g/mol. The fourth-order valence-corrected chi connectivity index (χ4v) is 2.33. The largest absolute Gasteiger partial charge is 0.361 e. The quantitative estimate of drug-likeness (QED) is 0.860. The summed E-state index contributed by atoms with van der Waals surface area (Å²) in [5, 5.41) is 6.82. The summed E-state index contributed by atoms with van der Waals surface area (Å²) >= 11 is 0. The van der Waals surface area contributed by atoms with Gasteiger partial charge >= 0.3 is 0 Å². The van der Waals surface area contributed by atoms with Crippen molar-refractivity contribution in [3.05, 3.63) is 17.0 Å². The molecule has 0 aliphatic heterocycles. The number of carbonyl (C=O) groups excluding carboxylic acids is 1. The molecule has 1 heterocycles. The number of aromatic nitrogens is 1. The van der Waals surface area contributed by atoms with Crippen LogP contribution in [0.5, 0.6) is 0 Å². The van der Waals surface area contributed by atoms with Crippen LogP contribution in [0.15, 0.2) is 4.52 Å². The van der Waals surface area contributed by atoms with Crippen LogP contribution in [0.25, 0.3) is 0 Å². The highest BCUT2D eigenvalue weighted by Gasteiger charge is 2.23. The molecule has 0 unspecified atom stereocenters. The van der Waals surface area contributed by atoms with Crippen LogP contribution in [-0.4, -0.2) is 23.1 Å². The fourth-order valence-electron chi connectivity index (χ4n) is 2.33. The van der Waals surface area contributed by atoms with E-state index in [4.69, 9.17) is 10.3 Å². The van der Waals surface area contributed by atoms with Crippen molar-refractivity contribution >= 4 is 18.3 Å². The molecule has 0 radical (unpaired) electrons. The molecular weight excluding hydrogens is 254 g/mol. The van der Waals surface area contributed by atoms with Gasteiger partial charge in [-0.05, 0) is 39.5 Å². The lowest BCUT2D eigenvalue weighted by Gasteiger charge is -2.26. The molecule has 1 amide bonds. The minimum absolute atomic E-state index is 0. The third kappa shape index (κ3) is 3.23. The molecule has 1 aliphatic carbocycles. The first-order valence-corrected chi connectivity index (χ1v) is 6.07. The van der Waals surface area contributed by atoms with Crippen molar-refractivity contribution in [2.45, 2.75) is 51.6 Å². The predicted octanol–water partition coefficient (Wildman–Crippen LogP) is 1.71. The highest BCUT2D eigenvalue weighted by Crippen LogP contribution is 2.18. The Hall–Kier alpha value is -1.07. The summed E-state index contributed by atoms with van der Waals surface area (Å²) in [6.07, 6.45) is 3.87. The number of hydrogen-bond acceptors (Lipinski definition) is 4. The molecule has 1 aromatic heterocycles. The van der Waals surface area contributed by atoms with Gasteiger partial charge in [-0.1, -0.05) is 5.16 Å². The van der Waals surface area contributed by atoms with Crippen LogP contribution in [0, 0.1) is 13.8 Å². The number of nitrogens with zero attached hydrogens (tertiary/aromatic N) is 1. The summed E-state index contributed by atoms with van der Waals surface area (Å²) in [4.78, 5) is 12.1. The Morgan fingerprint density at radius 2 is 1.94 bits per heavy atom. The zero-order valence-electron chi connectivity index (χ0n) is 10.7. The van der Waals surface area contributed by atoms with E-state index in [1.54, 1.807) is 13.8 Å². The maximum absolute atomic E-state index is 12.1. The van der Waals surface area contributed by atoms with Gasteiger partial charge in [-0.3, -0.25) is 4.79 Å². The van der Waals surface area contributed by atoms with Crippen molar-refractivity contribution in [2.75, 3.05) is 0 Å². The van der Waals surface area contributed by atoms with E-state index in [9.17, 15) is 4.79 Å². The van der Waals surface area contributed by atoms with Crippen LogP contribution in [-0.2, 0) is 0 Å². The number of carbonyl (C=O) groups is 1. The number of halogens is 1. The van der Waals surface area contributed by atoms with Gasteiger partial charge in [-0.2, -0.15) is 0 Å². The van der Waals surface area contributed by atoms with Gasteiger partial charge in [0.2, 0.25) is 0 Å². The van der Waals surface area contributed by atoms with Gasteiger partial charge in [-0.15, -0.1) is 12.4 Å². The van der Waals surface area contributed by atoms with Crippen molar-refractivity contribution < 1.29 is 9.32 Å². The number of hydrogen-bond donors (Lipinski definition) is 2. The zero-order valence-corrected chi connectivity index (χ0v) is 11.5. The van der Waals surface area contributed by atoms with Crippen LogP contribution in [0.3, 0.4) is 0 Å². The van der Waals surface area contributed by atoms with E-state index >= 15 is 0 Å². The third-order valence-electron chi connectivity index (χ3n) is 3.37. The summed E-state index contributed by atoms with van der Waals surface area (Å²) in [6, 6.07) is 0.526. The first-order chi connectivity index (χ1) is 8.08. The lowest BCUT2D eigenvalue weighted by molar-refractivity contribution is 0.0924. The van der Waals surface area contributed by atoms with Gasteiger partial charge in [0.15, 0.2) is 0 Å². The highest BCUT2D eigenvalue weighted by molar-refractivity contribution is 5.96. The third-order valence-corrected chi connectivity index (χ3v) is 3.37. The molecule has 2 rings (SSSR count). The topological polar surface area (TPSA) is 81.2 Å². The van der Waals surface area contributed by atoms with Gasteiger partial charge in [0, 0.05) is 12.1 Å². The van der Waals surface area contributed by atoms with Crippen molar-refractivity contribution in [1.82, 2.24) is 10.5 Å². The van der Waals surface area contributed by atoms with E-state index < -0.39 is 0 Å². The summed E-state index contributed by atoms with van der Waals surface area (Å²) < 4.78 is 4.99. The molecule has 1 aromatic rings. The molecule has 1 aliphatic rings. The van der Waals surface area contributed by atoms with Gasteiger partial charge in [0.05, 0.1) is 5.69 Å². The van der Waals surface area contributed by atoms with Crippen LogP contribution < -0.4 is 11.1 Å². The van der Waals surface area contributed by atoms with Crippen molar-refractivity contribution in [2.24, 2.45) is 5.73 Å². The smallest absolute Gasteiger partial charge is 0.257 e. The standard InChI is InChI=1S/C12H19N3O2.ClH/c1-7-11(8(2)17-15-7)12(16)14-10-5-3-9(13)4-6-10;/h9-10H,3-6,13H2,1-2H3,(H,14,16);1H. The second-order valence-corrected chi connectivity index (χ2v) is 4.78. The molecule has 6 heteroatoms. The summed E-state index contributed by atoms with van der Waals surface area (Å²) in [5.41, 5.74) is 7.05. The Bertz CT molecular complexity index is 392. The summed E-state index contributed by atoms with van der Waals surface area (Å²) in [7, 11) is 0. The molecule has 0 saturated heterocycles. The molecule has 0 aromatic carbocycles. The first-order valence-electron chi connectivity index (χ1n) is 6.07. The number of nitrogens with two attached hydrogens (primary N) is 1. The Morgan fingerprint density at radius 1 is 1.33 bits per heavy atom. The van der Waals surface area contributed by atoms with Crippen LogP contribution in [0.1, 0.15) is 47.5 Å². The van der Waals surface area contributed by atoms with Gasteiger partial charge in [0.25, 0.3) is 5.91 Å². The predicted molar refractivity (Wildman–Crippen MR) is 70.9 cm³/mol. The van der Waals surface area contributed by atoms with E-state index in [-0.39, 0.29) is 24.4 Å². The first kappa shape index (κ1) is 15.0. The normalized spacial score (nSPS) is 23.3. The molecule has 1 fully saturated rings.